The van der Waals surface area contributed by atoms with Gasteiger partial charge in [-0.3, -0.25) is 0 Å². The van der Waals surface area contributed by atoms with Crippen LogP contribution < -0.4 is 4.90 Å². The molecule has 1 atom stereocenters. The lowest BCUT2D eigenvalue weighted by atomic mass is 10.00. The Hall–Kier alpha value is -0.570. The summed E-state index contributed by atoms with van der Waals surface area (Å²) < 4.78 is 1.06. The molecule has 15 heavy (non-hydrogen) atoms. The van der Waals surface area contributed by atoms with Crippen molar-refractivity contribution in [2.45, 2.75) is 26.7 Å². The lowest BCUT2D eigenvalue weighted by molar-refractivity contribution is 0.444. The fourth-order valence-electron chi connectivity index (χ4n) is 2.25. The number of hydrogen-bond donors (Lipinski definition) is 0. The highest BCUT2D eigenvalue weighted by molar-refractivity contribution is 9.10. The summed E-state index contributed by atoms with van der Waals surface area (Å²) in [6.07, 6.45) is 4.53. The monoisotopic (exact) mass is 268 g/mol. The van der Waals surface area contributed by atoms with Crippen molar-refractivity contribution < 1.29 is 0 Å². The molecule has 1 aliphatic rings. The minimum absolute atomic E-state index is 0.795. The van der Waals surface area contributed by atoms with E-state index in [2.05, 4.69) is 45.7 Å². The third-order valence-electron chi connectivity index (χ3n) is 2.97. The SMILES string of the molecule is Cc1cc(Br)cnc1N1CCCC(C)C1. The number of hydrogen-bond acceptors (Lipinski definition) is 2. The molecule has 0 spiro atoms. The van der Waals surface area contributed by atoms with E-state index in [4.69, 9.17) is 0 Å². The van der Waals surface area contributed by atoms with E-state index in [1.54, 1.807) is 0 Å². The maximum absolute atomic E-state index is 4.51. The van der Waals surface area contributed by atoms with Crippen molar-refractivity contribution in [3.05, 3.63) is 22.3 Å². The molecule has 2 nitrogen and oxygen atoms in total. The van der Waals surface area contributed by atoms with Crippen molar-refractivity contribution in [2.24, 2.45) is 5.92 Å². The first-order valence-electron chi connectivity index (χ1n) is 5.54. The Morgan fingerprint density at radius 2 is 2.33 bits per heavy atom. The summed E-state index contributed by atoms with van der Waals surface area (Å²) in [5.41, 5.74) is 1.26. The molecule has 1 unspecified atom stereocenters. The van der Waals surface area contributed by atoms with Crippen LogP contribution in [0.25, 0.3) is 0 Å². The molecular formula is C12H17BrN2. The second-order valence-electron chi connectivity index (χ2n) is 4.49. The maximum Gasteiger partial charge on any atom is 0.131 e. The zero-order chi connectivity index (χ0) is 10.8. The Balaban J connectivity index is 2.21. The molecule has 1 aromatic heterocycles. The van der Waals surface area contributed by atoms with Gasteiger partial charge in [0.15, 0.2) is 0 Å². The molecule has 0 N–H and O–H groups in total. The van der Waals surface area contributed by atoms with E-state index in [-0.39, 0.29) is 0 Å². The predicted octanol–water partition coefficient (Wildman–Crippen LogP) is 3.39. The molecule has 1 aromatic rings. The molecule has 1 aliphatic heterocycles. The van der Waals surface area contributed by atoms with E-state index in [0.29, 0.717) is 0 Å². The average molecular weight is 269 g/mol. The number of pyridine rings is 1. The molecule has 0 aliphatic carbocycles. The van der Waals surface area contributed by atoms with Crippen molar-refractivity contribution in [3.8, 4) is 0 Å². The summed E-state index contributed by atoms with van der Waals surface area (Å²) in [6, 6.07) is 2.14. The van der Waals surface area contributed by atoms with Gasteiger partial charge in [0.05, 0.1) is 0 Å². The topological polar surface area (TPSA) is 16.1 Å². The molecule has 0 radical (unpaired) electrons. The van der Waals surface area contributed by atoms with Crippen molar-refractivity contribution >= 4 is 21.7 Å². The Morgan fingerprint density at radius 3 is 3.00 bits per heavy atom. The minimum Gasteiger partial charge on any atom is -0.356 e. The van der Waals surface area contributed by atoms with Gasteiger partial charge in [0, 0.05) is 23.8 Å². The quantitative estimate of drug-likeness (QED) is 0.776. The highest BCUT2D eigenvalue weighted by atomic mass is 79.9. The van der Waals surface area contributed by atoms with Gasteiger partial charge in [0.1, 0.15) is 5.82 Å². The normalized spacial score (nSPS) is 21.8. The first-order chi connectivity index (χ1) is 7.16. The Kier molecular flexibility index (Phi) is 3.29. The van der Waals surface area contributed by atoms with Crippen LogP contribution in [-0.2, 0) is 0 Å². The number of anilines is 1. The Labute approximate surface area is 99.8 Å². The maximum atomic E-state index is 4.51. The smallest absolute Gasteiger partial charge is 0.131 e. The zero-order valence-corrected chi connectivity index (χ0v) is 10.9. The molecule has 3 heteroatoms. The van der Waals surface area contributed by atoms with E-state index < -0.39 is 0 Å². The van der Waals surface area contributed by atoms with Crippen LogP contribution in [-0.4, -0.2) is 18.1 Å². The molecule has 1 saturated heterocycles. The zero-order valence-electron chi connectivity index (χ0n) is 9.33. The molecule has 0 amide bonds. The van der Waals surface area contributed by atoms with Gasteiger partial charge in [-0.2, -0.15) is 0 Å². The van der Waals surface area contributed by atoms with Gasteiger partial charge >= 0.3 is 0 Å². The second kappa shape index (κ2) is 4.52. The summed E-state index contributed by atoms with van der Waals surface area (Å²) in [5.74, 6) is 1.95. The fraction of sp³-hybridized carbons (Fsp3) is 0.583. The number of aryl methyl sites for hydroxylation is 1. The van der Waals surface area contributed by atoms with Crippen LogP contribution in [0.5, 0.6) is 0 Å². The predicted molar refractivity (Wildman–Crippen MR) is 67.3 cm³/mol. The number of aromatic nitrogens is 1. The molecule has 2 rings (SSSR count). The molecule has 0 aromatic carbocycles. The summed E-state index contributed by atoms with van der Waals surface area (Å²) in [7, 11) is 0. The summed E-state index contributed by atoms with van der Waals surface area (Å²) in [4.78, 5) is 6.93. The summed E-state index contributed by atoms with van der Waals surface area (Å²) >= 11 is 3.45. The van der Waals surface area contributed by atoms with Crippen LogP contribution in [0.3, 0.4) is 0 Å². The number of halogens is 1. The van der Waals surface area contributed by atoms with Gasteiger partial charge in [0.25, 0.3) is 0 Å². The van der Waals surface area contributed by atoms with E-state index in [9.17, 15) is 0 Å². The van der Waals surface area contributed by atoms with Crippen molar-refractivity contribution in [1.29, 1.82) is 0 Å². The molecule has 0 saturated carbocycles. The van der Waals surface area contributed by atoms with Crippen LogP contribution in [0, 0.1) is 12.8 Å². The fourth-order valence-corrected chi connectivity index (χ4v) is 2.69. The lowest BCUT2D eigenvalue weighted by Crippen LogP contribution is -2.35. The van der Waals surface area contributed by atoms with Gasteiger partial charge in [0.2, 0.25) is 0 Å². The van der Waals surface area contributed by atoms with E-state index >= 15 is 0 Å². The summed E-state index contributed by atoms with van der Waals surface area (Å²) in [5, 5.41) is 0. The third kappa shape index (κ3) is 2.51. The highest BCUT2D eigenvalue weighted by Crippen LogP contribution is 2.25. The standard InChI is InChI=1S/C12H17BrN2/c1-9-4-3-5-15(8-9)12-10(2)6-11(13)7-14-12/h6-7,9H,3-5,8H2,1-2H3. The van der Waals surface area contributed by atoms with Crippen molar-refractivity contribution in [3.63, 3.8) is 0 Å². The lowest BCUT2D eigenvalue weighted by Gasteiger charge is -2.32. The van der Waals surface area contributed by atoms with Crippen molar-refractivity contribution in [1.82, 2.24) is 4.98 Å². The molecule has 0 bridgehead atoms. The van der Waals surface area contributed by atoms with Gasteiger partial charge in [-0.1, -0.05) is 6.92 Å². The summed E-state index contributed by atoms with van der Waals surface area (Å²) in [6.45, 7) is 6.75. The third-order valence-corrected chi connectivity index (χ3v) is 3.41. The minimum atomic E-state index is 0.795. The van der Waals surface area contributed by atoms with E-state index in [1.807, 2.05) is 6.20 Å². The van der Waals surface area contributed by atoms with Gasteiger partial charge in [-0.05, 0) is 53.2 Å². The first kappa shape index (κ1) is 10.9. The number of nitrogens with zero attached hydrogens (tertiary/aromatic N) is 2. The largest absolute Gasteiger partial charge is 0.356 e. The van der Waals surface area contributed by atoms with Crippen LogP contribution in [0.4, 0.5) is 5.82 Å². The Morgan fingerprint density at radius 1 is 1.53 bits per heavy atom. The van der Waals surface area contributed by atoms with E-state index in [0.717, 1.165) is 29.3 Å². The van der Waals surface area contributed by atoms with Crippen molar-refractivity contribution in [2.75, 3.05) is 18.0 Å². The number of rotatable bonds is 1. The average Bonchev–Trinajstić information content (AvgIpc) is 2.17. The van der Waals surface area contributed by atoms with Crippen LogP contribution >= 0.6 is 15.9 Å². The van der Waals surface area contributed by atoms with Crippen LogP contribution in [0.1, 0.15) is 25.3 Å². The van der Waals surface area contributed by atoms with E-state index in [1.165, 1.54) is 18.4 Å². The first-order valence-corrected chi connectivity index (χ1v) is 6.33. The van der Waals surface area contributed by atoms with Gasteiger partial charge in [-0.25, -0.2) is 4.98 Å². The molecule has 2 heterocycles. The second-order valence-corrected chi connectivity index (χ2v) is 5.40. The van der Waals surface area contributed by atoms with Gasteiger partial charge < -0.3 is 4.90 Å². The molecule has 82 valence electrons. The van der Waals surface area contributed by atoms with Crippen LogP contribution in [0.2, 0.25) is 0 Å². The number of piperidine rings is 1. The van der Waals surface area contributed by atoms with Gasteiger partial charge in [-0.15, -0.1) is 0 Å². The highest BCUT2D eigenvalue weighted by Gasteiger charge is 2.18. The molecule has 1 fully saturated rings. The molecular weight excluding hydrogens is 252 g/mol. The van der Waals surface area contributed by atoms with Crippen LogP contribution in [0.15, 0.2) is 16.7 Å². The Bertz CT molecular complexity index is 351.